The van der Waals surface area contributed by atoms with E-state index in [-0.39, 0.29) is 12.6 Å². The summed E-state index contributed by atoms with van der Waals surface area (Å²) in [4.78, 5) is 11.6. The third-order valence-electron chi connectivity index (χ3n) is 2.50. The van der Waals surface area contributed by atoms with Crippen LogP contribution in [0.3, 0.4) is 0 Å². The van der Waals surface area contributed by atoms with Crippen molar-refractivity contribution in [2.45, 2.75) is 31.5 Å². The molecule has 1 aliphatic heterocycles. The van der Waals surface area contributed by atoms with E-state index in [1.807, 2.05) is 0 Å². The first-order chi connectivity index (χ1) is 6.91. The lowest BCUT2D eigenvalue weighted by Crippen LogP contribution is -2.47. The van der Waals surface area contributed by atoms with Gasteiger partial charge in [0.25, 0.3) is 0 Å². The lowest BCUT2D eigenvalue weighted by atomic mass is 10.0. The van der Waals surface area contributed by atoms with Crippen LogP contribution < -0.4 is 5.32 Å². The van der Waals surface area contributed by atoms with Gasteiger partial charge in [-0.1, -0.05) is 6.42 Å². The van der Waals surface area contributed by atoms with Gasteiger partial charge in [-0.15, -0.1) is 0 Å². The van der Waals surface area contributed by atoms with Crippen molar-refractivity contribution < 1.29 is 18.0 Å². The molecule has 1 aliphatic rings. The maximum absolute atomic E-state index is 12.0. The van der Waals surface area contributed by atoms with E-state index < -0.39 is 12.1 Å². The first-order valence-corrected chi connectivity index (χ1v) is 4.97. The number of nitrogens with one attached hydrogen (secondary N) is 1. The Morgan fingerprint density at radius 1 is 1.47 bits per heavy atom. The van der Waals surface area contributed by atoms with E-state index in [0.717, 1.165) is 30.7 Å². The van der Waals surface area contributed by atoms with Gasteiger partial charge in [-0.2, -0.15) is 13.2 Å². The lowest BCUT2D eigenvalue weighted by molar-refractivity contribution is -0.184. The molecule has 1 unspecified atom stereocenters. The highest BCUT2D eigenvalue weighted by Gasteiger charge is 2.41. The molecule has 15 heavy (non-hydrogen) atoms. The van der Waals surface area contributed by atoms with Crippen LogP contribution in [0.25, 0.3) is 0 Å². The fourth-order valence-corrected chi connectivity index (χ4v) is 1.71. The van der Waals surface area contributed by atoms with Gasteiger partial charge in [-0.3, -0.25) is 4.79 Å². The van der Waals surface area contributed by atoms with E-state index in [2.05, 4.69) is 5.32 Å². The molecule has 0 aliphatic carbocycles. The van der Waals surface area contributed by atoms with Crippen molar-refractivity contribution >= 4 is 5.91 Å². The normalized spacial score (nSPS) is 22.5. The van der Waals surface area contributed by atoms with Crippen LogP contribution in [0.2, 0.25) is 0 Å². The van der Waals surface area contributed by atoms with Crippen molar-refractivity contribution in [3.63, 3.8) is 0 Å². The monoisotopic (exact) mass is 224 g/mol. The highest BCUT2D eigenvalue weighted by molar-refractivity contribution is 5.81. The number of carbonyl (C=O) groups is 1. The van der Waals surface area contributed by atoms with Crippen LogP contribution in [0.1, 0.15) is 19.3 Å². The minimum atomic E-state index is -4.76. The number of rotatable bonds is 2. The molecule has 0 aromatic heterocycles. The summed E-state index contributed by atoms with van der Waals surface area (Å²) >= 11 is 0. The summed E-state index contributed by atoms with van der Waals surface area (Å²) in [5.74, 6) is -1.77. The molecular formula is C9H15F3N2O. The van der Waals surface area contributed by atoms with Gasteiger partial charge in [-0.05, 0) is 19.4 Å². The van der Waals surface area contributed by atoms with E-state index in [1.54, 1.807) is 0 Å². The second-order valence-corrected chi connectivity index (χ2v) is 3.83. The number of hydrogen-bond acceptors (Lipinski definition) is 2. The average Bonchev–Trinajstić information content (AvgIpc) is 2.16. The van der Waals surface area contributed by atoms with E-state index >= 15 is 0 Å². The summed E-state index contributed by atoms with van der Waals surface area (Å²) in [6, 6.07) is -0.00458. The topological polar surface area (TPSA) is 32.3 Å². The molecule has 1 N–H and O–H groups in total. The molecule has 0 spiro atoms. The van der Waals surface area contributed by atoms with E-state index in [9.17, 15) is 18.0 Å². The number of nitrogens with zero attached hydrogens (tertiary/aromatic N) is 1. The Labute approximate surface area is 86.6 Å². The zero-order chi connectivity index (χ0) is 11.5. The molecule has 88 valence electrons. The van der Waals surface area contributed by atoms with Crippen LogP contribution in [0.4, 0.5) is 13.2 Å². The van der Waals surface area contributed by atoms with Crippen molar-refractivity contribution in [1.82, 2.24) is 10.2 Å². The third-order valence-corrected chi connectivity index (χ3v) is 2.50. The highest BCUT2D eigenvalue weighted by Crippen LogP contribution is 2.18. The van der Waals surface area contributed by atoms with E-state index in [1.165, 1.54) is 7.05 Å². The van der Waals surface area contributed by atoms with Gasteiger partial charge in [0.05, 0.1) is 0 Å². The number of hydrogen-bond donors (Lipinski definition) is 1. The number of amides is 1. The van der Waals surface area contributed by atoms with Crippen LogP contribution in [0, 0.1) is 0 Å². The fourth-order valence-electron chi connectivity index (χ4n) is 1.71. The Hall–Kier alpha value is -0.780. The Bertz CT molecular complexity index is 224. The van der Waals surface area contributed by atoms with Crippen LogP contribution in [0.5, 0.6) is 0 Å². The van der Waals surface area contributed by atoms with Crippen LogP contribution in [0.15, 0.2) is 0 Å². The predicted octanol–water partition coefficient (Wildman–Crippen LogP) is 1.15. The van der Waals surface area contributed by atoms with Gasteiger partial charge >= 0.3 is 12.1 Å². The summed E-state index contributed by atoms with van der Waals surface area (Å²) in [6.07, 6.45) is -1.88. The molecule has 0 aromatic rings. The predicted molar refractivity (Wildman–Crippen MR) is 49.3 cm³/mol. The van der Waals surface area contributed by atoms with Crippen molar-refractivity contribution in [2.75, 3.05) is 20.1 Å². The van der Waals surface area contributed by atoms with Crippen LogP contribution in [-0.4, -0.2) is 43.2 Å². The van der Waals surface area contributed by atoms with Gasteiger partial charge in [0.2, 0.25) is 0 Å². The maximum atomic E-state index is 12.0. The summed E-state index contributed by atoms with van der Waals surface area (Å²) in [5, 5.41) is 3.10. The number of carbonyl (C=O) groups excluding carboxylic acids is 1. The van der Waals surface area contributed by atoms with Crippen LogP contribution >= 0.6 is 0 Å². The molecule has 3 nitrogen and oxygen atoms in total. The fraction of sp³-hybridized carbons (Fsp3) is 0.889. The Morgan fingerprint density at radius 3 is 2.60 bits per heavy atom. The minimum absolute atomic E-state index is 0.00458. The minimum Gasteiger partial charge on any atom is -0.336 e. The van der Waals surface area contributed by atoms with Crippen molar-refractivity contribution in [1.29, 1.82) is 0 Å². The lowest BCUT2D eigenvalue weighted by Gasteiger charge is -2.28. The van der Waals surface area contributed by atoms with Crippen LogP contribution in [-0.2, 0) is 4.79 Å². The van der Waals surface area contributed by atoms with Gasteiger partial charge in [0, 0.05) is 19.6 Å². The summed E-state index contributed by atoms with van der Waals surface area (Å²) in [6.45, 7) is 0.942. The largest absolute Gasteiger partial charge is 0.471 e. The molecule has 0 radical (unpaired) electrons. The quantitative estimate of drug-likeness (QED) is 0.763. The van der Waals surface area contributed by atoms with Crippen molar-refractivity contribution in [3.8, 4) is 0 Å². The molecule has 1 amide bonds. The van der Waals surface area contributed by atoms with Gasteiger partial charge < -0.3 is 10.2 Å². The second-order valence-electron chi connectivity index (χ2n) is 3.83. The molecule has 0 aromatic carbocycles. The average molecular weight is 224 g/mol. The molecular weight excluding hydrogens is 209 g/mol. The standard InChI is InChI=1S/C9H15F3N2O/c1-14(8(15)9(10,11)12)6-7-4-2-3-5-13-7/h7,13H,2-6H2,1H3. The Balaban J connectivity index is 2.40. The smallest absolute Gasteiger partial charge is 0.336 e. The van der Waals surface area contributed by atoms with Gasteiger partial charge in [0.15, 0.2) is 0 Å². The Morgan fingerprint density at radius 2 is 2.13 bits per heavy atom. The SMILES string of the molecule is CN(CC1CCCCN1)C(=O)C(F)(F)F. The number of likely N-dealkylation sites (N-methyl/N-ethyl adjacent to an activating group) is 1. The molecule has 1 heterocycles. The third kappa shape index (κ3) is 3.70. The maximum Gasteiger partial charge on any atom is 0.471 e. The molecule has 1 atom stereocenters. The summed E-state index contributed by atoms with van der Waals surface area (Å²) in [7, 11) is 1.19. The molecule has 1 fully saturated rings. The summed E-state index contributed by atoms with van der Waals surface area (Å²) in [5.41, 5.74) is 0. The van der Waals surface area contributed by atoms with Gasteiger partial charge in [0.1, 0.15) is 0 Å². The first kappa shape index (κ1) is 12.3. The summed E-state index contributed by atoms with van der Waals surface area (Å²) < 4.78 is 36.1. The number of halogens is 3. The Kier molecular flexibility index (Phi) is 3.96. The number of piperidine rings is 1. The first-order valence-electron chi connectivity index (χ1n) is 4.97. The zero-order valence-electron chi connectivity index (χ0n) is 8.60. The van der Waals surface area contributed by atoms with Crippen molar-refractivity contribution in [2.24, 2.45) is 0 Å². The van der Waals surface area contributed by atoms with E-state index in [4.69, 9.17) is 0 Å². The van der Waals surface area contributed by atoms with Gasteiger partial charge in [-0.25, -0.2) is 0 Å². The molecule has 1 saturated heterocycles. The molecule has 0 saturated carbocycles. The number of alkyl halides is 3. The second kappa shape index (κ2) is 4.83. The van der Waals surface area contributed by atoms with E-state index in [0.29, 0.717) is 0 Å². The molecule has 6 heteroatoms. The van der Waals surface area contributed by atoms with Crippen molar-refractivity contribution in [3.05, 3.63) is 0 Å². The zero-order valence-corrected chi connectivity index (χ0v) is 8.60. The molecule has 1 rings (SSSR count). The molecule has 0 bridgehead atoms. The highest BCUT2D eigenvalue weighted by atomic mass is 19.4.